The first-order valence-corrected chi connectivity index (χ1v) is 5.85. The Morgan fingerprint density at radius 1 is 1.09 bits per heavy atom. The molecule has 0 nitrogen and oxygen atoms in total. The predicted molar refractivity (Wildman–Crippen MR) is 52.0 cm³/mol. The van der Waals surface area contributed by atoms with Crippen LogP contribution in [0.15, 0.2) is 0 Å². The Morgan fingerprint density at radius 3 is 2.73 bits per heavy atom. The first kappa shape index (κ1) is 7.97. The second kappa shape index (κ2) is 3.01. The van der Waals surface area contributed by atoms with Crippen molar-refractivity contribution in [3.8, 4) is 0 Å². The van der Waals surface area contributed by atoms with E-state index in [1.807, 2.05) is 0 Å². The van der Waals surface area contributed by atoms with Crippen molar-refractivity contribution in [2.75, 3.05) is 0 Å². The molecular weight excluding hydrogens is 152 g/mol. The molecule has 2 aliphatic rings. The smallest absolute Gasteiger partial charge is 0.00809 e. The van der Waals surface area contributed by atoms with Crippen LogP contribution in [0.1, 0.15) is 39.5 Å². The van der Waals surface area contributed by atoms with Gasteiger partial charge in [0, 0.05) is 10.5 Å². The summed E-state index contributed by atoms with van der Waals surface area (Å²) in [6.45, 7) is 4.81. The first-order valence-electron chi connectivity index (χ1n) is 4.91. The molecule has 0 radical (unpaired) electrons. The molecule has 0 aromatic carbocycles. The quantitative estimate of drug-likeness (QED) is 0.537. The molecule has 1 heteroatoms. The molecule has 1 aliphatic heterocycles. The van der Waals surface area contributed by atoms with E-state index in [0.29, 0.717) is 0 Å². The van der Waals surface area contributed by atoms with Crippen molar-refractivity contribution < 1.29 is 0 Å². The number of hydrogen-bond acceptors (Lipinski definition) is 1. The Balaban J connectivity index is 1.97. The molecular formula is C10H18S. The number of hydrogen-bond donors (Lipinski definition) is 0. The van der Waals surface area contributed by atoms with Gasteiger partial charge in [-0.3, -0.25) is 0 Å². The van der Waals surface area contributed by atoms with Crippen LogP contribution in [-0.4, -0.2) is 10.5 Å². The van der Waals surface area contributed by atoms with Gasteiger partial charge in [-0.25, -0.2) is 0 Å². The Labute approximate surface area is 74.1 Å². The zero-order valence-electron chi connectivity index (χ0n) is 7.55. The lowest BCUT2D eigenvalue weighted by molar-refractivity contribution is 0.302. The highest BCUT2D eigenvalue weighted by molar-refractivity contribution is 8.00. The Morgan fingerprint density at radius 2 is 1.91 bits per heavy atom. The molecule has 4 unspecified atom stereocenters. The second-order valence-corrected chi connectivity index (χ2v) is 6.08. The van der Waals surface area contributed by atoms with Crippen LogP contribution in [0, 0.1) is 11.8 Å². The summed E-state index contributed by atoms with van der Waals surface area (Å²) in [4.78, 5) is 0. The van der Waals surface area contributed by atoms with Gasteiger partial charge < -0.3 is 0 Å². The van der Waals surface area contributed by atoms with Crippen LogP contribution in [0.4, 0.5) is 0 Å². The Hall–Kier alpha value is 0.350. The standard InChI is InChI=1S/C10H18S/c1-7-3-4-9-6-8(2)11-10(9)5-7/h7-10H,3-6H2,1-2H3. The largest absolute Gasteiger partial charge is 0.155 e. The molecule has 64 valence electrons. The van der Waals surface area contributed by atoms with Crippen molar-refractivity contribution in [3.05, 3.63) is 0 Å². The number of rotatable bonds is 0. The van der Waals surface area contributed by atoms with E-state index in [-0.39, 0.29) is 0 Å². The maximum atomic E-state index is 2.42. The van der Waals surface area contributed by atoms with Gasteiger partial charge in [0.25, 0.3) is 0 Å². The minimum atomic E-state index is 0.954. The second-order valence-electron chi connectivity index (χ2n) is 4.40. The lowest BCUT2D eigenvalue weighted by atomic mass is 9.81. The van der Waals surface area contributed by atoms with E-state index in [0.717, 1.165) is 22.3 Å². The third-order valence-corrected chi connectivity index (χ3v) is 4.82. The summed E-state index contributed by atoms with van der Waals surface area (Å²) in [5.41, 5.74) is 0. The van der Waals surface area contributed by atoms with Gasteiger partial charge in [0.15, 0.2) is 0 Å². The van der Waals surface area contributed by atoms with Gasteiger partial charge >= 0.3 is 0 Å². The molecule has 2 fully saturated rings. The number of fused-ring (bicyclic) bond motifs is 1. The zero-order valence-corrected chi connectivity index (χ0v) is 8.36. The van der Waals surface area contributed by atoms with Crippen molar-refractivity contribution in [2.24, 2.45) is 11.8 Å². The molecule has 1 aliphatic carbocycles. The fourth-order valence-electron chi connectivity index (χ4n) is 2.61. The van der Waals surface area contributed by atoms with E-state index in [1.165, 1.54) is 25.7 Å². The topological polar surface area (TPSA) is 0 Å². The lowest BCUT2D eigenvalue weighted by Crippen LogP contribution is -2.21. The zero-order chi connectivity index (χ0) is 7.84. The molecule has 1 saturated heterocycles. The SMILES string of the molecule is CC1CCC2CC(C)SC2C1. The van der Waals surface area contributed by atoms with Crippen molar-refractivity contribution in [2.45, 2.75) is 50.0 Å². The summed E-state index contributed by atoms with van der Waals surface area (Å²) in [5, 5.41) is 1.99. The summed E-state index contributed by atoms with van der Waals surface area (Å²) in [6, 6.07) is 0. The van der Waals surface area contributed by atoms with Gasteiger partial charge in [-0.05, 0) is 31.1 Å². The summed E-state index contributed by atoms with van der Waals surface area (Å²) in [7, 11) is 0. The lowest BCUT2D eigenvalue weighted by Gasteiger charge is -2.28. The van der Waals surface area contributed by atoms with Crippen LogP contribution in [0.2, 0.25) is 0 Å². The first-order chi connectivity index (χ1) is 5.25. The van der Waals surface area contributed by atoms with Crippen molar-refractivity contribution in [3.63, 3.8) is 0 Å². The molecule has 4 atom stereocenters. The Bertz CT molecular complexity index is 144. The van der Waals surface area contributed by atoms with Crippen LogP contribution in [0.5, 0.6) is 0 Å². The van der Waals surface area contributed by atoms with Gasteiger partial charge in [-0.2, -0.15) is 11.8 Å². The monoisotopic (exact) mass is 170 g/mol. The van der Waals surface area contributed by atoms with Crippen LogP contribution >= 0.6 is 11.8 Å². The molecule has 0 aromatic heterocycles. The van der Waals surface area contributed by atoms with Crippen molar-refractivity contribution in [1.29, 1.82) is 0 Å². The van der Waals surface area contributed by atoms with Crippen molar-refractivity contribution in [1.82, 2.24) is 0 Å². The van der Waals surface area contributed by atoms with Crippen LogP contribution in [0.3, 0.4) is 0 Å². The third-order valence-electron chi connectivity index (χ3n) is 3.23. The van der Waals surface area contributed by atoms with Gasteiger partial charge in [-0.1, -0.05) is 20.3 Å². The van der Waals surface area contributed by atoms with Crippen LogP contribution < -0.4 is 0 Å². The van der Waals surface area contributed by atoms with E-state index in [4.69, 9.17) is 0 Å². The van der Waals surface area contributed by atoms with E-state index in [9.17, 15) is 0 Å². The van der Waals surface area contributed by atoms with Crippen molar-refractivity contribution >= 4 is 11.8 Å². The molecule has 0 spiro atoms. The minimum Gasteiger partial charge on any atom is -0.155 e. The summed E-state index contributed by atoms with van der Waals surface area (Å²) >= 11 is 2.25. The molecule has 0 bridgehead atoms. The summed E-state index contributed by atoms with van der Waals surface area (Å²) < 4.78 is 0. The van der Waals surface area contributed by atoms with E-state index >= 15 is 0 Å². The average molecular weight is 170 g/mol. The fourth-order valence-corrected chi connectivity index (χ4v) is 4.47. The molecule has 11 heavy (non-hydrogen) atoms. The Kier molecular flexibility index (Phi) is 2.18. The van der Waals surface area contributed by atoms with Gasteiger partial charge in [0.2, 0.25) is 0 Å². The van der Waals surface area contributed by atoms with Gasteiger partial charge in [0.1, 0.15) is 0 Å². The van der Waals surface area contributed by atoms with Gasteiger partial charge in [0.05, 0.1) is 0 Å². The van der Waals surface area contributed by atoms with E-state index in [1.54, 1.807) is 0 Å². The predicted octanol–water partition coefficient (Wildman–Crippen LogP) is 3.32. The molecule has 0 aromatic rings. The maximum Gasteiger partial charge on any atom is 0.00809 e. The van der Waals surface area contributed by atoms with Gasteiger partial charge in [-0.15, -0.1) is 0 Å². The molecule has 1 heterocycles. The van der Waals surface area contributed by atoms with E-state index in [2.05, 4.69) is 25.6 Å². The highest BCUT2D eigenvalue weighted by Gasteiger charge is 2.36. The van der Waals surface area contributed by atoms with E-state index < -0.39 is 0 Å². The number of thioether (sulfide) groups is 1. The fraction of sp³-hybridized carbons (Fsp3) is 1.00. The molecule has 2 rings (SSSR count). The maximum absolute atomic E-state index is 2.42. The van der Waals surface area contributed by atoms with Crippen LogP contribution in [0.25, 0.3) is 0 Å². The summed E-state index contributed by atoms with van der Waals surface area (Å²) in [6.07, 6.45) is 6.01. The third kappa shape index (κ3) is 1.58. The molecule has 0 amide bonds. The summed E-state index contributed by atoms with van der Waals surface area (Å²) in [5.74, 6) is 2.10. The molecule has 1 saturated carbocycles. The highest BCUT2D eigenvalue weighted by Crippen LogP contribution is 2.47. The normalized spacial score (nSPS) is 50.7. The average Bonchev–Trinajstić information content (AvgIpc) is 2.27. The minimum absolute atomic E-state index is 0.954. The highest BCUT2D eigenvalue weighted by atomic mass is 32.2. The molecule has 0 N–H and O–H groups in total. The van der Waals surface area contributed by atoms with Crippen LogP contribution in [-0.2, 0) is 0 Å².